The third-order valence-corrected chi connectivity index (χ3v) is 3.55. The van der Waals surface area contributed by atoms with Gasteiger partial charge in [-0.1, -0.05) is 39.0 Å². The molecule has 122 valence electrons. The van der Waals surface area contributed by atoms with Crippen molar-refractivity contribution in [1.82, 2.24) is 4.98 Å². The van der Waals surface area contributed by atoms with Crippen LogP contribution in [0.5, 0.6) is 0 Å². The Morgan fingerprint density at radius 2 is 1.96 bits per heavy atom. The van der Waals surface area contributed by atoms with Crippen LogP contribution in [0.25, 0.3) is 0 Å². The minimum absolute atomic E-state index is 0.157. The molecule has 0 saturated heterocycles. The maximum atomic E-state index is 13.8. The summed E-state index contributed by atoms with van der Waals surface area (Å²) in [4.78, 5) is 16.4. The highest BCUT2D eigenvalue weighted by Gasteiger charge is 2.22. The van der Waals surface area contributed by atoms with Crippen LogP contribution in [-0.4, -0.2) is 16.0 Å². The summed E-state index contributed by atoms with van der Waals surface area (Å²) in [5.41, 5.74) is 1.50. The molecule has 0 unspecified atom stereocenters. The minimum Gasteiger partial charge on any atom is -0.392 e. The van der Waals surface area contributed by atoms with Gasteiger partial charge in [-0.3, -0.25) is 9.78 Å². The monoisotopic (exact) mass is 316 g/mol. The molecule has 1 aromatic carbocycles. The Morgan fingerprint density at radius 3 is 2.57 bits per heavy atom. The van der Waals surface area contributed by atoms with Crippen LogP contribution >= 0.6 is 0 Å². The van der Waals surface area contributed by atoms with Crippen molar-refractivity contribution in [3.05, 3.63) is 59.2 Å². The number of aliphatic hydroxyl groups is 1. The second-order valence-corrected chi connectivity index (χ2v) is 6.41. The van der Waals surface area contributed by atoms with Crippen LogP contribution < -0.4 is 5.32 Å². The standard InChI is InChI=1S/C18H21FN2O2/c1-18(2,3)17(23)21-15-8-9-20-16(13(15)11-22)10-12-6-4-5-7-14(12)19/h4-9,22H,10-11H2,1-3H3,(H,20,21,23). The topological polar surface area (TPSA) is 62.2 Å². The van der Waals surface area contributed by atoms with Crippen LogP contribution in [0.15, 0.2) is 36.5 Å². The van der Waals surface area contributed by atoms with Gasteiger partial charge >= 0.3 is 0 Å². The number of nitrogens with zero attached hydrogens (tertiary/aromatic N) is 1. The molecule has 5 heteroatoms. The number of pyridine rings is 1. The molecular formula is C18H21FN2O2. The first-order valence-corrected chi connectivity index (χ1v) is 7.45. The van der Waals surface area contributed by atoms with Gasteiger partial charge in [0, 0.05) is 29.3 Å². The highest BCUT2D eigenvalue weighted by Crippen LogP contribution is 2.24. The smallest absolute Gasteiger partial charge is 0.229 e. The number of carbonyl (C=O) groups excluding carboxylic acids is 1. The first-order chi connectivity index (χ1) is 10.8. The molecule has 0 bridgehead atoms. The van der Waals surface area contributed by atoms with Gasteiger partial charge in [-0.05, 0) is 17.7 Å². The SMILES string of the molecule is CC(C)(C)C(=O)Nc1ccnc(Cc2ccccc2F)c1CO. The predicted molar refractivity (Wildman–Crippen MR) is 87.5 cm³/mol. The zero-order chi connectivity index (χ0) is 17.0. The molecule has 2 rings (SSSR count). The predicted octanol–water partition coefficient (Wildman–Crippen LogP) is 3.29. The number of aliphatic hydroxyl groups excluding tert-OH is 1. The second-order valence-electron chi connectivity index (χ2n) is 6.41. The Balaban J connectivity index is 2.33. The van der Waals surface area contributed by atoms with E-state index in [9.17, 15) is 14.3 Å². The molecule has 0 aliphatic rings. The molecule has 0 aliphatic heterocycles. The van der Waals surface area contributed by atoms with Gasteiger partial charge in [0.1, 0.15) is 5.82 Å². The van der Waals surface area contributed by atoms with Gasteiger partial charge in [-0.25, -0.2) is 4.39 Å². The van der Waals surface area contributed by atoms with E-state index in [1.165, 1.54) is 6.07 Å². The lowest BCUT2D eigenvalue weighted by molar-refractivity contribution is -0.123. The lowest BCUT2D eigenvalue weighted by Crippen LogP contribution is -2.28. The van der Waals surface area contributed by atoms with Crippen molar-refractivity contribution < 1.29 is 14.3 Å². The average Bonchev–Trinajstić information content (AvgIpc) is 2.49. The van der Waals surface area contributed by atoms with Crippen molar-refractivity contribution in [2.75, 3.05) is 5.32 Å². The van der Waals surface area contributed by atoms with Gasteiger partial charge in [0.05, 0.1) is 12.3 Å². The highest BCUT2D eigenvalue weighted by atomic mass is 19.1. The van der Waals surface area contributed by atoms with Gasteiger partial charge in [0.15, 0.2) is 0 Å². The van der Waals surface area contributed by atoms with Crippen molar-refractivity contribution in [3.63, 3.8) is 0 Å². The largest absolute Gasteiger partial charge is 0.392 e. The van der Waals surface area contributed by atoms with Crippen molar-refractivity contribution in [1.29, 1.82) is 0 Å². The van der Waals surface area contributed by atoms with Crippen LogP contribution in [0.2, 0.25) is 0 Å². The number of carbonyl (C=O) groups is 1. The van der Waals surface area contributed by atoms with Crippen LogP contribution in [0.1, 0.15) is 37.6 Å². The van der Waals surface area contributed by atoms with E-state index >= 15 is 0 Å². The number of benzene rings is 1. The van der Waals surface area contributed by atoms with Crippen molar-refractivity contribution >= 4 is 11.6 Å². The van der Waals surface area contributed by atoms with E-state index in [0.29, 0.717) is 22.5 Å². The van der Waals surface area contributed by atoms with Gasteiger partial charge in [0.25, 0.3) is 0 Å². The minimum atomic E-state index is -0.554. The molecule has 2 aromatic rings. The highest BCUT2D eigenvalue weighted by molar-refractivity contribution is 5.95. The van der Waals surface area contributed by atoms with Gasteiger partial charge < -0.3 is 10.4 Å². The number of nitrogens with one attached hydrogen (secondary N) is 1. The molecule has 23 heavy (non-hydrogen) atoms. The summed E-state index contributed by atoms with van der Waals surface area (Å²) in [6.45, 7) is 5.14. The van der Waals surface area contributed by atoms with Gasteiger partial charge in [-0.2, -0.15) is 0 Å². The zero-order valence-corrected chi connectivity index (χ0v) is 13.6. The Bertz CT molecular complexity index is 708. The molecule has 1 aromatic heterocycles. The zero-order valence-electron chi connectivity index (χ0n) is 13.6. The van der Waals surface area contributed by atoms with E-state index in [0.717, 1.165) is 0 Å². The number of aromatic nitrogens is 1. The summed E-state index contributed by atoms with van der Waals surface area (Å²) in [6.07, 6.45) is 1.80. The summed E-state index contributed by atoms with van der Waals surface area (Å²) < 4.78 is 13.8. The number of hydrogen-bond donors (Lipinski definition) is 2. The molecule has 0 spiro atoms. The number of amides is 1. The van der Waals surface area contributed by atoms with Crippen LogP contribution in [0.3, 0.4) is 0 Å². The molecular weight excluding hydrogens is 295 g/mol. The molecule has 1 heterocycles. The molecule has 0 fully saturated rings. The molecule has 0 radical (unpaired) electrons. The van der Waals surface area contributed by atoms with Crippen LogP contribution in [-0.2, 0) is 17.8 Å². The lowest BCUT2D eigenvalue weighted by atomic mass is 9.95. The quantitative estimate of drug-likeness (QED) is 0.910. The van der Waals surface area contributed by atoms with Crippen molar-refractivity contribution in [3.8, 4) is 0 Å². The van der Waals surface area contributed by atoms with E-state index < -0.39 is 5.41 Å². The molecule has 0 atom stereocenters. The summed E-state index contributed by atoms with van der Waals surface area (Å²) in [6, 6.07) is 8.08. The number of rotatable bonds is 4. The lowest BCUT2D eigenvalue weighted by Gasteiger charge is -2.20. The summed E-state index contributed by atoms with van der Waals surface area (Å²) >= 11 is 0. The van der Waals surface area contributed by atoms with E-state index in [1.54, 1.807) is 30.5 Å². The van der Waals surface area contributed by atoms with E-state index in [-0.39, 0.29) is 24.8 Å². The Kier molecular flexibility index (Phi) is 5.11. The molecule has 1 amide bonds. The third kappa shape index (κ3) is 4.13. The third-order valence-electron chi connectivity index (χ3n) is 3.55. The van der Waals surface area contributed by atoms with Gasteiger partial charge in [0.2, 0.25) is 5.91 Å². The normalized spacial score (nSPS) is 11.3. The molecule has 0 saturated carbocycles. The fourth-order valence-electron chi connectivity index (χ4n) is 2.11. The van der Waals surface area contributed by atoms with E-state index in [1.807, 2.05) is 20.8 Å². The Morgan fingerprint density at radius 1 is 1.26 bits per heavy atom. The Hall–Kier alpha value is -2.27. The maximum Gasteiger partial charge on any atom is 0.229 e. The summed E-state index contributed by atoms with van der Waals surface area (Å²) in [5, 5.41) is 12.5. The fourth-order valence-corrected chi connectivity index (χ4v) is 2.11. The Labute approximate surface area is 135 Å². The van der Waals surface area contributed by atoms with E-state index in [4.69, 9.17) is 0 Å². The summed E-state index contributed by atoms with van der Waals surface area (Å²) in [5.74, 6) is -0.474. The fraction of sp³-hybridized carbons (Fsp3) is 0.333. The maximum absolute atomic E-state index is 13.8. The first kappa shape index (κ1) is 17.1. The molecule has 4 nitrogen and oxygen atoms in total. The van der Waals surface area contributed by atoms with Gasteiger partial charge in [-0.15, -0.1) is 0 Å². The number of anilines is 1. The van der Waals surface area contributed by atoms with Crippen LogP contribution in [0, 0.1) is 11.2 Å². The number of halogens is 1. The average molecular weight is 316 g/mol. The second kappa shape index (κ2) is 6.87. The summed E-state index contributed by atoms with van der Waals surface area (Å²) in [7, 11) is 0. The van der Waals surface area contributed by atoms with Crippen LogP contribution in [0.4, 0.5) is 10.1 Å². The van der Waals surface area contributed by atoms with Crippen molar-refractivity contribution in [2.24, 2.45) is 5.41 Å². The molecule has 2 N–H and O–H groups in total. The first-order valence-electron chi connectivity index (χ1n) is 7.45. The van der Waals surface area contributed by atoms with Crippen molar-refractivity contribution in [2.45, 2.75) is 33.8 Å². The number of hydrogen-bond acceptors (Lipinski definition) is 3. The molecule has 0 aliphatic carbocycles. The van der Waals surface area contributed by atoms with E-state index in [2.05, 4.69) is 10.3 Å².